The van der Waals surface area contributed by atoms with Crippen molar-refractivity contribution in [3.8, 4) is 0 Å². The largest absolute Gasteiger partial charge is 0.116 e. The van der Waals surface area contributed by atoms with E-state index in [1.54, 1.807) is 0 Å². The van der Waals surface area contributed by atoms with Crippen LogP contribution in [0, 0.1) is 0 Å². The normalized spacial score (nSPS) is 13.6. The van der Waals surface area contributed by atoms with E-state index in [4.69, 9.17) is 0 Å². The molecule has 1 aliphatic rings. The molecule has 0 saturated heterocycles. The molecule has 0 aromatic heterocycles. The standard InChI is InChI=1S/C26H24P/c1-5-13-23(14-6-1)21-22-27(24-15-7-2-8-16-24,25-17-9-3-10-18-25)26-19-11-4-12-20-26/h2-21H,1,22H2/q+1. The summed E-state index contributed by atoms with van der Waals surface area (Å²) < 4.78 is 0. The fraction of sp³-hybridized carbons (Fsp3) is 0.0769. The second kappa shape index (κ2) is 8.33. The molecule has 0 N–H and O–H groups in total. The molecule has 4 rings (SSSR count). The maximum atomic E-state index is 2.42. The molecule has 0 bridgehead atoms. The molecule has 0 unspecified atom stereocenters. The van der Waals surface area contributed by atoms with Crippen molar-refractivity contribution >= 4 is 23.2 Å². The smallest absolute Gasteiger partial charge is 0.0802 e. The predicted molar refractivity (Wildman–Crippen MR) is 121 cm³/mol. The minimum absolute atomic E-state index is 1.02. The second-order valence-electron chi connectivity index (χ2n) is 6.74. The Kier molecular flexibility index (Phi) is 5.47. The average Bonchev–Trinajstić information content (AvgIpc) is 2.77. The van der Waals surface area contributed by atoms with Gasteiger partial charge in [-0.3, -0.25) is 0 Å². The Bertz CT molecular complexity index is 840. The van der Waals surface area contributed by atoms with Gasteiger partial charge in [0.15, 0.2) is 0 Å². The topological polar surface area (TPSA) is 0 Å². The molecule has 0 saturated carbocycles. The molecule has 0 heterocycles. The maximum absolute atomic E-state index is 2.42. The van der Waals surface area contributed by atoms with E-state index in [2.05, 4.69) is 121 Å². The predicted octanol–water partition coefficient (Wildman–Crippen LogP) is 5.42. The lowest BCUT2D eigenvalue weighted by Crippen LogP contribution is -2.33. The van der Waals surface area contributed by atoms with Crippen molar-refractivity contribution < 1.29 is 0 Å². The van der Waals surface area contributed by atoms with Crippen LogP contribution in [0.15, 0.2) is 127 Å². The van der Waals surface area contributed by atoms with Crippen molar-refractivity contribution in [3.05, 3.63) is 127 Å². The van der Waals surface area contributed by atoms with Gasteiger partial charge in [-0.1, -0.05) is 78.9 Å². The second-order valence-corrected chi connectivity index (χ2v) is 10.3. The first-order valence-electron chi connectivity index (χ1n) is 9.48. The van der Waals surface area contributed by atoms with E-state index in [1.165, 1.54) is 21.5 Å². The molecule has 0 amide bonds. The van der Waals surface area contributed by atoms with E-state index in [0.717, 1.165) is 12.6 Å². The Morgan fingerprint density at radius 1 is 0.593 bits per heavy atom. The van der Waals surface area contributed by atoms with Crippen molar-refractivity contribution in [2.24, 2.45) is 0 Å². The van der Waals surface area contributed by atoms with Gasteiger partial charge in [-0.25, -0.2) is 0 Å². The van der Waals surface area contributed by atoms with E-state index in [0.29, 0.717) is 0 Å². The molecular formula is C26H24P+. The number of rotatable bonds is 5. The summed E-state index contributed by atoms with van der Waals surface area (Å²) in [5, 5.41) is 4.30. The van der Waals surface area contributed by atoms with Crippen LogP contribution < -0.4 is 15.9 Å². The fourth-order valence-electron chi connectivity index (χ4n) is 3.73. The Hall–Kier alpha value is -2.69. The van der Waals surface area contributed by atoms with Crippen LogP contribution in [0.3, 0.4) is 0 Å². The van der Waals surface area contributed by atoms with Crippen molar-refractivity contribution in [1.82, 2.24) is 0 Å². The third kappa shape index (κ3) is 3.72. The molecule has 0 spiro atoms. The van der Waals surface area contributed by atoms with Crippen molar-refractivity contribution in [2.45, 2.75) is 6.42 Å². The van der Waals surface area contributed by atoms with Gasteiger partial charge in [-0.15, -0.1) is 0 Å². The van der Waals surface area contributed by atoms with Gasteiger partial charge in [-0.05, 0) is 54.5 Å². The van der Waals surface area contributed by atoms with E-state index in [-0.39, 0.29) is 0 Å². The van der Waals surface area contributed by atoms with Gasteiger partial charge in [0.1, 0.15) is 23.2 Å². The summed E-state index contributed by atoms with van der Waals surface area (Å²) in [6, 6.07) is 33.2. The van der Waals surface area contributed by atoms with Crippen LogP contribution in [0.1, 0.15) is 6.42 Å². The van der Waals surface area contributed by atoms with Gasteiger partial charge in [0, 0.05) is 0 Å². The average molecular weight is 367 g/mol. The molecule has 132 valence electrons. The Morgan fingerprint density at radius 3 is 1.41 bits per heavy atom. The van der Waals surface area contributed by atoms with Gasteiger partial charge in [-0.2, -0.15) is 0 Å². The van der Waals surface area contributed by atoms with Crippen LogP contribution >= 0.6 is 7.26 Å². The van der Waals surface area contributed by atoms with Crippen LogP contribution in [0.4, 0.5) is 0 Å². The first kappa shape index (κ1) is 17.7. The molecule has 0 radical (unpaired) electrons. The SMILES string of the molecule is C1=CC(=CC[P+](c2ccccc2)(c2ccccc2)c2ccccc2)C=CC1. The number of benzene rings is 3. The molecule has 0 fully saturated rings. The van der Waals surface area contributed by atoms with Gasteiger partial charge in [0.05, 0.1) is 6.16 Å². The van der Waals surface area contributed by atoms with E-state index >= 15 is 0 Å². The molecule has 0 atom stereocenters. The van der Waals surface area contributed by atoms with Gasteiger partial charge >= 0.3 is 0 Å². The van der Waals surface area contributed by atoms with Gasteiger partial charge in [0.25, 0.3) is 0 Å². The fourth-order valence-corrected chi connectivity index (χ4v) is 7.79. The summed E-state index contributed by atoms with van der Waals surface area (Å²) in [4.78, 5) is 0. The summed E-state index contributed by atoms with van der Waals surface area (Å²) in [6.07, 6.45) is 13.4. The molecule has 0 nitrogen and oxygen atoms in total. The summed E-state index contributed by atoms with van der Waals surface area (Å²) in [7, 11) is -1.76. The van der Waals surface area contributed by atoms with Crippen LogP contribution in [0.25, 0.3) is 0 Å². The van der Waals surface area contributed by atoms with E-state index < -0.39 is 7.26 Å². The Morgan fingerprint density at radius 2 is 1.00 bits per heavy atom. The molecular weight excluding hydrogens is 343 g/mol. The van der Waals surface area contributed by atoms with Crippen LogP contribution in [-0.4, -0.2) is 6.16 Å². The highest BCUT2D eigenvalue weighted by atomic mass is 31.2. The molecule has 3 aromatic carbocycles. The lowest BCUT2D eigenvalue weighted by molar-refractivity contribution is 1.33. The molecule has 1 heteroatoms. The molecule has 27 heavy (non-hydrogen) atoms. The van der Waals surface area contributed by atoms with Crippen LogP contribution in [-0.2, 0) is 0 Å². The summed E-state index contributed by atoms with van der Waals surface area (Å²) >= 11 is 0. The maximum Gasteiger partial charge on any atom is 0.116 e. The highest BCUT2D eigenvalue weighted by Crippen LogP contribution is 2.55. The van der Waals surface area contributed by atoms with E-state index in [9.17, 15) is 0 Å². The quantitative estimate of drug-likeness (QED) is 0.528. The minimum atomic E-state index is -1.76. The first-order valence-corrected chi connectivity index (χ1v) is 11.5. The summed E-state index contributed by atoms with van der Waals surface area (Å²) in [6.45, 7) is 0. The lowest BCUT2D eigenvalue weighted by atomic mass is 10.1. The van der Waals surface area contributed by atoms with Gasteiger partial charge in [0.2, 0.25) is 0 Å². The number of hydrogen-bond donors (Lipinski definition) is 0. The molecule has 3 aromatic rings. The summed E-state index contributed by atoms with van der Waals surface area (Å²) in [5.41, 5.74) is 1.31. The first-order chi connectivity index (χ1) is 13.4. The monoisotopic (exact) mass is 367 g/mol. The number of hydrogen-bond acceptors (Lipinski definition) is 0. The zero-order valence-corrected chi connectivity index (χ0v) is 16.3. The van der Waals surface area contributed by atoms with Crippen molar-refractivity contribution in [3.63, 3.8) is 0 Å². The summed E-state index contributed by atoms with van der Waals surface area (Å²) in [5.74, 6) is 0. The number of allylic oxidation sites excluding steroid dienone is 6. The zero-order chi connectivity index (χ0) is 18.4. The third-order valence-electron chi connectivity index (χ3n) is 5.08. The van der Waals surface area contributed by atoms with Crippen molar-refractivity contribution in [1.29, 1.82) is 0 Å². The molecule has 1 aliphatic carbocycles. The third-order valence-corrected chi connectivity index (χ3v) is 9.35. The van der Waals surface area contributed by atoms with Crippen LogP contribution in [0.2, 0.25) is 0 Å². The minimum Gasteiger partial charge on any atom is -0.0802 e. The highest BCUT2D eigenvalue weighted by molar-refractivity contribution is 7.95. The zero-order valence-electron chi connectivity index (χ0n) is 15.4. The Labute approximate surface area is 162 Å². The van der Waals surface area contributed by atoms with Gasteiger partial charge < -0.3 is 0 Å². The molecule has 0 aliphatic heterocycles. The van der Waals surface area contributed by atoms with Crippen molar-refractivity contribution in [2.75, 3.05) is 6.16 Å². The highest BCUT2D eigenvalue weighted by Gasteiger charge is 2.44. The van der Waals surface area contributed by atoms with Crippen LogP contribution in [0.5, 0.6) is 0 Å². The lowest BCUT2D eigenvalue weighted by Gasteiger charge is -2.26. The Balaban J connectivity index is 1.93. The van der Waals surface area contributed by atoms with E-state index in [1.807, 2.05) is 0 Å².